The zero-order chi connectivity index (χ0) is 35.2. The summed E-state index contributed by atoms with van der Waals surface area (Å²) in [6.45, 7) is 0. The van der Waals surface area contributed by atoms with Crippen LogP contribution in [0.25, 0.3) is 0 Å². The van der Waals surface area contributed by atoms with Gasteiger partial charge in [0.1, 0.15) is 11.5 Å². The number of allylic oxidation sites excluding steroid dienone is 6. The number of phenols is 1. The third-order valence-electron chi connectivity index (χ3n) is 8.71. The van der Waals surface area contributed by atoms with Gasteiger partial charge in [-0.05, 0) is 71.1 Å². The highest BCUT2D eigenvalue weighted by molar-refractivity contribution is 9.12. The van der Waals surface area contributed by atoms with Crippen LogP contribution in [0.5, 0.6) is 11.5 Å². The van der Waals surface area contributed by atoms with E-state index in [1.54, 1.807) is 0 Å². The van der Waals surface area contributed by atoms with Gasteiger partial charge in [0.2, 0.25) is 11.8 Å². The third kappa shape index (κ3) is 5.60. The highest BCUT2D eigenvalue weighted by atomic mass is 79.9. The predicted octanol–water partition coefficient (Wildman–Crippen LogP) is 7.30. The number of ketones is 2. The van der Waals surface area contributed by atoms with E-state index >= 15 is 0 Å². The minimum Gasteiger partial charge on any atom is -0.508 e. The molecular weight excluding hydrogens is 733 g/mol. The quantitative estimate of drug-likeness (QED) is 0.153. The number of ether oxygens (including phenoxy) is 1. The molecule has 0 aromatic heterocycles. The largest absolute Gasteiger partial charge is 0.573 e. The Morgan fingerprint density at radius 2 is 1.46 bits per heavy atom. The van der Waals surface area contributed by atoms with E-state index in [9.17, 15) is 63.8 Å². The minimum atomic E-state index is -5.29. The van der Waals surface area contributed by atoms with Gasteiger partial charge in [-0.2, -0.15) is 26.3 Å². The highest BCUT2D eigenvalue weighted by Crippen LogP contribution is 2.57. The molecule has 0 bridgehead atoms. The van der Waals surface area contributed by atoms with Crippen LogP contribution in [0.2, 0.25) is 0 Å². The number of amides is 2. The first-order valence-electron chi connectivity index (χ1n) is 13.8. The van der Waals surface area contributed by atoms with E-state index in [2.05, 4.69) is 20.7 Å². The smallest absolute Gasteiger partial charge is 0.508 e. The molecule has 1 saturated heterocycles. The Balaban J connectivity index is 1.49. The van der Waals surface area contributed by atoms with Crippen LogP contribution < -0.4 is 9.64 Å². The van der Waals surface area contributed by atoms with Crippen molar-refractivity contribution in [3.8, 4) is 11.5 Å². The van der Waals surface area contributed by atoms with Crippen molar-refractivity contribution in [1.82, 2.24) is 0 Å². The molecular formula is C31H17BrF9NO6. The highest BCUT2D eigenvalue weighted by Gasteiger charge is 2.57. The number of rotatable bonds is 3. The first-order chi connectivity index (χ1) is 22.2. The van der Waals surface area contributed by atoms with Crippen LogP contribution in [-0.2, 0) is 31.5 Å². The molecule has 48 heavy (non-hydrogen) atoms. The molecule has 252 valence electrons. The second kappa shape index (κ2) is 11.1. The number of halogens is 10. The van der Waals surface area contributed by atoms with Crippen LogP contribution in [0.4, 0.5) is 45.2 Å². The fraction of sp³-hybridized carbons (Fsp3) is 0.290. The van der Waals surface area contributed by atoms with Crippen LogP contribution >= 0.6 is 15.9 Å². The maximum Gasteiger partial charge on any atom is 0.573 e. The van der Waals surface area contributed by atoms with E-state index < -0.39 is 101 Å². The molecule has 4 aliphatic rings. The van der Waals surface area contributed by atoms with Crippen molar-refractivity contribution in [1.29, 1.82) is 0 Å². The normalized spacial score (nSPS) is 24.7. The minimum absolute atomic E-state index is 0.130. The predicted molar refractivity (Wildman–Crippen MR) is 148 cm³/mol. The summed E-state index contributed by atoms with van der Waals surface area (Å²) in [6.07, 6.45) is -14.1. The van der Waals surface area contributed by atoms with Crippen LogP contribution in [0.3, 0.4) is 0 Å². The van der Waals surface area contributed by atoms with Gasteiger partial charge in [0, 0.05) is 28.7 Å². The average molecular weight is 750 g/mol. The Morgan fingerprint density at radius 3 is 2.04 bits per heavy atom. The maximum absolute atomic E-state index is 14.0. The number of carbonyl (C=O) groups excluding carboxylic acids is 4. The molecule has 6 rings (SSSR count). The molecule has 0 spiro atoms. The fourth-order valence-corrected chi connectivity index (χ4v) is 7.29. The van der Waals surface area contributed by atoms with Gasteiger partial charge in [-0.25, -0.2) is 4.90 Å². The average Bonchev–Trinajstić information content (AvgIpc) is 3.23. The Labute approximate surface area is 271 Å². The maximum atomic E-state index is 14.0. The summed E-state index contributed by atoms with van der Waals surface area (Å²) in [4.78, 5) is 54.4. The number of hydrogen-bond acceptors (Lipinski definition) is 6. The molecule has 1 N–H and O–H groups in total. The summed E-state index contributed by atoms with van der Waals surface area (Å²) in [5.74, 6) is -10.7. The summed E-state index contributed by atoms with van der Waals surface area (Å²) in [5, 5.41) is 10.8. The number of fused-ring (bicyclic) bond motifs is 3. The standard InChI is InChI=1S/C31H17BrF9NO6/c32-20-10-22(44)25-19(26(20)45)9-17-15(23(25)18-8-14(1-4-21(18)43)48-31(39,40)41)2-3-16-24(17)28(47)42(27(16)46)13-6-11(29(33,34)35)5-12(7-13)30(36,37)38/h1-2,4-8,10,16-17,23-24,43H,3,9H2/t16-,17+,23+,24-/m0/s1. The van der Waals surface area contributed by atoms with E-state index in [0.29, 0.717) is 0 Å². The number of carbonyl (C=O) groups is 4. The van der Waals surface area contributed by atoms with E-state index in [1.807, 2.05) is 0 Å². The molecule has 3 aliphatic carbocycles. The lowest BCUT2D eigenvalue weighted by Crippen LogP contribution is -2.39. The van der Waals surface area contributed by atoms with Crippen molar-refractivity contribution in [3.05, 3.63) is 86.4 Å². The zero-order valence-corrected chi connectivity index (χ0v) is 25.1. The van der Waals surface area contributed by atoms with E-state index in [4.69, 9.17) is 0 Å². The number of nitrogens with zero attached hydrogens (tertiary/aromatic N) is 1. The monoisotopic (exact) mass is 749 g/mol. The van der Waals surface area contributed by atoms with Crippen molar-refractivity contribution < 1.29 is 68.5 Å². The van der Waals surface area contributed by atoms with Crippen LogP contribution in [0.15, 0.2) is 69.8 Å². The van der Waals surface area contributed by atoms with Gasteiger partial charge >= 0.3 is 18.7 Å². The lowest BCUT2D eigenvalue weighted by atomic mass is 9.59. The number of phenolic OH excluding ortho intramolecular Hbond substituents is 1. The zero-order valence-electron chi connectivity index (χ0n) is 23.6. The van der Waals surface area contributed by atoms with Gasteiger partial charge in [0.05, 0.1) is 33.1 Å². The summed E-state index contributed by atoms with van der Waals surface area (Å²) < 4.78 is 125. The van der Waals surface area contributed by atoms with Gasteiger partial charge in [-0.3, -0.25) is 19.2 Å². The van der Waals surface area contributed by atoms with E-state index in [-0.39, 0.29) is 56.3 Å². The molecule has 0 unspecified atom stereocenters. The first-order valence-corrected chi connectivity index (χ1v) is 14.6. The molecule has 0 saturated carbocycles. The molecule has 1 aliphatic heterocycles. The lowest BCUT2D eigenvalue weighted by Gasteiger charge is -2.42. The Morgan fingerprint density at radius 1 is 0.833 bits per heavy atom. The van der Waals surface area contributed by atoms with Crippen molar-refractivity contribution in [3.63, 3.8) is 0 Å². The molecule has 2 aromatic rings. The second-order valence-corrected chi connectivity index (χ2v) is 12.3. The topological polar surface area (TPSA) is 101 Å². The van der Waals surface area contributed by atoms with E-state index in [1.165, 1.54) is 6.08 Å². The number of anilines is 1. The molecule has 1 heterocycles. The van der Waals surface area contributed by atoms with Crippen LogP contribution in [0.1, 0.15) is 35.4 Å². The molecule has 2 aromatic carbocycles. The summed E-state index contributed by atoms with van der Waals surface area (Å²) >= 11 is 2.98. The Kier molecular flexibility index (Phi) is 7.72. The van der Waals surface area contributed by atoms with Crippen molar-refractivity contribution in [2.45, 2.75) is 37.5 Å². The van der Waals surface area contributed by atoms with Gasteiger partial charge in [-0.1, -0.05) is 11.6 Å². The van der Waals surface area contributed by atoms with Crippen molar-refractivity contribution >= 4 is 45.0 Å². The number of aromatic hydroxyl groups is 1. The molecule has 0 radical (unpaired) electrons. The van der Waals surface area contributed by atoms with Gasteiger partial charge in [-0.15, -0.1) is 13.2 Å². The Bertz CT molecular complexity index is 1870. The molecule has 4 atom stereocenters. The van der Waals surface area contributed by atoms with Gasteiger partial charge in [0.25, 0.3) is 0 Å². The van der Waals surface area contributed by atoms with Gasteiger partial charge < -0.3 is 9.84 Å². The molecule has 1 fully saturated rings. The second-order valence-electron chi connectivity index (χ2n) is 11.4. The summed E-state index contributed by atoms with van der Waals surface area (Å²) in [7, 11) is 0. The SMILES string of the molecule is O=C1C=C(Br)C(=O)C2=C1[C@@H](c1cc(OC(F)(F)F)ccc1O)C1=CC[C@@H]3C(=O)N(c4cc(C(F)(F)F)cc(C(F)(F)F)c4)C(=O)[C@@H]3[C@@H]1C2. The number of benzene rings is 2. The molecule has 17 heteroatoms. The molecule has 7 nitrogen and oxygen atoms in total. The van der Waals surface area contributed by atoms with Crippen LogP contribution in [0, 0.1) is 17.8 Å². The first kappa shape index (κ1) is 33.5. The number of alkyl halides is 9. The number of Topliss-reactive ketones (excluding diaryl/α,β-unsaturated/α-hetero) is 1. The van der Waals surface area contributed by atoms with Crippen LogP contribution in [-0.4, -0.2) is 34.8 Å². The number of hydrogen-bond donors (Lipinski definition) is 1. The van der Waals surface area contributed by atoms with Crippen molar-refractivity contribution in [2.24, 2.45) is 17.8 Å². The lowest BCUT2D eigenvalue weighted by molar-refractivity contribution is -0.274. The number of imide groups is 1. The summed E-state index contributed by atoms with van der Waals surface area (Å²) in [5.41, 5.74) is -5.16. The summed E-state index contributed by atoms with van der Waals surface area (Å²) in [6, 6.07) is 2.73. The third-order valence-corrected chi connectivity index (χ3v) is 9.29. The van der Waals surface area contributed by atoms with E-state index in [0.717, 1.165) is 24.3 Å². The Hall–Kier alpha value is -4.41. The van der Waals surface area contributed by atoms with Crippen molar-refractivity contribution in [2.75, 3.05) is 4.90 Å². The van der Waals surface area contributed by atoms with Gasteiger partial charge in [0.15, 0.2) is 11.6 Å². The molecule has 2 amide bonds. The fourth-order valence-electron chi connectivity index (χ4n) is 6.85.